The van der Waals surface area contributed by atoms with E-state index in [4.69, 9.17) is 0 Å². The van der Waals surface area contributed by atoms with Crippen molar-refractivity contribution in [3.63, 3.8) is 0 Å². The molecular weight excluding hydrogens is 791 g/mol. The van der Waals surface area contributed by atoms with Gasteiger partial charge in [-0.3, -0.25) is 0 Å². The molecule has 0 saturated carbocycles. The van der Waals surface area contributed by atoms with Crippen molar-refractivity contribution in [2.75, 3.05) is 0 Å². The molecule has 0 fully saturated rings. The number of hydrogen-bond acceptors (Lipinski definition) is 0. The number of halogens is 2. The summed E-state index contributed by atoms with van der Waals surface area (Å²) in [5.41, 5.74) is 18.0. The van der Waals surface area contributed by atoms with Crippen molar-refractivity contribution in [1.29, 1.82) is 0 Å². The summed E-state index contributed by atoms with van der Waals surface area (Å²) in [7, 11) is 0. The largest absolute Gasteiger partial charge is 0.147 e. The summed E-state index contributed by atoms with van der Waals surface area (Å²) in [4.78, 5) is 0. The van der Waals surface area contributed by atoms with Gasteiger partial charge in [0, 0.05) is 0 Å². The average molecular weight is 847 g/mol. The van der Waals surface area contributed by atoms with Crippen LogP contribution in [0.3, 0.4) is 0 Å². The molecule has 4 heteroatoms. The molecule has 6 aromatic carbocycles. The van der Waals surface area contributed by atoms with E-state index in [1.54, 1.807) is 22.3 Å². The number of rotatable bonds is 4. The second-order valence-corrected chi connectivity index (χ2v) is 49.4. The average Bonchev–Trinajstić information content (AvgIpc) is 3.61. The number of allylic oxidation sites excluding steroid dienone is 4. The Balaban J connectivity index is 0.00000249. The molecule has 0 radical (unpaired) electrons. The first-order valence-corrected chi connectivity index (χ1v) is 32.9. The number of hydrogen-bond donors (Lipinski definition) is 0. The van der Waals surface area contributed by atoms with Crippen molar-refractivity contribution in [1.82, 2.24) is 0 Å². The molecule has 0 spiro atoms. The predicted octanol–water partition coefficient (Wildman–Crippen LogP) is 15.0. The van der Waals surface area contributed by atoms with E-state index in [2.05, 4.69) is 193 Å². The van der Waals surface area contributed by atoms with Gasteiger partial charge in [-0.2, -0.15) is 0 Å². The molecule has 0 aromatic heterocycles. The van der Waals surface area contributed by atoms with Crippen LogP contribution in [0.1, 0.15) is 84.9 Å². The van der Waals surface area contributed by atoms with E-state index in [9.17, 15) is 0 Å². The van der Waals surface area contributed by atoms with Crippen LogP contribution in [-0.4, -0.2) is 6.88 Å². The quantitative estimate of drug-likeness (QED) is 0.155. The Hall–Kier alpha value is -3.00. The normalized spacial score (nSPS) is 17.4. The second-order valence-electron chi connectivity index (χ2n) is 19.0. The van der Waals surface area contributed by atoms with Gasteiger partial charge in [-0.25, -0.2) is 0 Å². The molecule has 2 aliphatic carbocycles. The first-order valence-electron chi connectivity index (χ1n) is 19.2. The molecule has 8 rings (SSSR count). The maximum absolute atomic E-state index is 4.02. The Kier molecular flexibility index (Phi) is 10.5. The van der Waals surface area contributed by atoms with Crippen molar-refractivity contribution < 1.29 is 17.4 Å². The molecule has 0 aliphatic heterocycles. The van der Waals surface area contributed by atoms with Gasteiger partial charge in [0.1, 0.15) is 0 Å². The van der Waals surface area contributed by atoms with Crippen LogP contribution in [0, 0.1) is 10.8 Å². The minimum atomic E-state index is -4.02. The zero-order valence-electron chi connectivity index (χ0n) is 33.7. The van der Waals surface area contributed by atoms with Crippen LogP contribution in [-0.2, 0) is 17.4 Å². The van der Waals surface area contributed by atoms with Crippen molar-refractivity contribution >= 4 is 64.4 Å². The first kappa shape index (κ1) is 40.7. The molecule has 2 unspecified atom stereocenters. The fourth-order valence-corrected chi connectivity index (χ4v) is 30.9. The van der Waals surface area contributed by atoms with E-state index in [1.807, 2.05) is 0 Å². The van der Waals surface area contributed by atoms with Gasteiger partial charge >= 0.3 is 317 Å². The van der Waals surface area contributed by atoms with Crippen molar-refractivity contribution in [3.8, 4) is 22.3 Å². The SMILES string of the molecule is CC1=C(C(C)(C)C)[CH]([Zr]([CH3])([CH3])(=[SiH2])[CH]2C(C(C)(C)C)=C(C)c3c(-c4cccc5ccccc45)cccc32)c2cccc(-c3cccc4ccccc34)c21.Cl.Cl. The molecule has 0 saturated heterocycles. The van der Waals surface area contributed by atoms with Crippen molar-refractivity contribution in [3.05, 3.63) is 155 Å². The molecule has 0 heterocycles. The standard InChI is InChI=1S/2C24H23.2CH3.2ClH.H2Si.Zr/c2*1-16-22(24(2,3)4)15-18-11-8-14-21(23(16)18)20-13-7-10-17-9-5-6-12-19(17)20;;;;;;/h2*5-15H,1-4H3;2*1H3;2*1H;1H2;. The zero-order chi connectivity index (χ0) is 37.0. The van der Waals surface area contributed by atoms with Crippen molar-refractivity contribution in [2.24, 2.45) is 10.8 Å². The summed E-state index contributed by atoms with van der Waals surface area (Å²) >= 11 is -4.02. The van der Waals surface area contributed by atoms with E-state index in [0.29, 0.717) is 7.25 Å². The minimum Gasteiger partial charge on any atom is -0.147 e. The molecular formula is C50H56Cl2SiZr. The van der Waals surface area contributed by atoms with Crippen LogP contribution < -0.4 is 0 Å². The Labute approximate surface area is 338 Å². The third kappa shape index (κ3) is 6.19. The fraction of sp³-hybridized carbons (Fsp3) is 0.280. The molecule has 278 valence electrons. The summed E-state index contributed by atoms with van der Waals surface area (Å²) in [6.45, 7) is 22.3. The Morgan fingerprint density at radius 3 is 1.13 bits per heavy atom. The van der Waals surface area contributed by atoms with Gasteiger partial charge in [0.15, 0.2) is 0 Å². The van der Waals surface area contributed by atoms with Gasteiger partial charge in [0.2, 0.25) is 0 Å². The van der Waals surface area contributed by atoms with Gasteiger partial charge in [-0.05, 0) is 0 Å². The molecule has 0 nitrogen and oxygen atoms in total. The van der Waals surface area contributed by atoms with Crippen LogP contribution in [0.15, 0.2) is 132 Å². The maximum atomic E-state index is 2.83. The third-order valence-corrected chi connectivity index (χ3v) is 29.7. The molecule has 2 atom stereocenters. The number of benzene rings is 6. The minimum absolute atomic E-state index is 0. The van der Waals surface area contributed by atoms with E-state index in [1.165, 1.54) is 66.1 Å². The summed E-state index contributed by atoms with van der Waals surface area (Å²) < 4.78 is 6.50. The maximum Gasteiger partial charge on any atom is -0.147 e. The molecule has 2 aliphatic rings. The molecule has 6 aromatic rings. The van der Waals surface area contributed by atoms with Crippen LogP contribution in [0.4, 0.5) is 0 Å². The Bertz CT molecular complexity index is 2420. The molecule has 0 amide bonds. The van der Waals surface area contributed by atoms with E-state index < -0.39 is 17.4 Å². The smallest absolute Gasteiger partial charge is 0.147 e. The monoisotopic (exact) mass is 844 g/mol. The van der Waals surface area contributed by atoms with E-state index in [-0.39, 0.29) is 35.6 Å². The summed E-state index contributed by atoms with van der Waals surface area (Å²) in [6, 6.07) is 46.0. The zero-order valence-corrected chi connectivity index (χ0v) is 39.2. The topological polar surface area (TPSA) is 0 Å². The van der Waals surface area contributed by atoms with E-state index >= 15 is 0 Å². The summed E-state index contributed by atoms with van der Waals surface area (Å²) in [5.74, 6) is 0. The van der Waals surface area contributed by atoms with Gasteiger partial charge in [-0.15, -0.1) is 24.8 Å². The van der Waals surface area contributed by atoms with Gasteiger partial charge in [-0.1, -0.05) is 0 Å². The van der Waals surface area contributed by atoms with E-state index in [0.717, 1.165) is 0 Å². The Morgan fingerprint density at radius 1 is 0.444 bits per heavy atom. The van der Waals surface area contributed by atoms with Crippen LogP contribution in [0.5, 0.6) is 0 Å². The fourth-order valence-electron chi connectivity index (χ4n) is 11.0. The predicted molar refractivity (Wildman–Crippen MR) is 243 cm³/mol. The second kappa shape index (κ2) is 13.9. The van der Waals surface area contributed by atoms with Crippen LogP contribution >= 0.6 is 24.8 Å². The first-order chi connectivity index (χ1) is 24.5. The summed E-state index contributed by atoms with van der Waals surface area (Å²) in [6.07, 6.45) is 0. The van der Waals surface area contributed by atoms with Crippen LogP contribution in [0.2, 0.25) is 9.26 Å². The number of fused-ring (bicyclic) bond motifs is 4. The third-order valence-electron chi connectivity index (χ3n) is 12.6. The van der Waals surface area contributed by atoms with Gasteiger partial charge < -0.3 is 0 Å². The van der Waals surface area contributed by atoms with Gasteiger partial charge in [0.25, 0.3) is 0 Å². The molecule has 0 bridgehead atoms. The molecule has 0 N–H and O–H groups in total. The van der Waals surface area contributed by atoms with Crippen LogP contribution in [0.25, 0.3) is 54.9 Å². The van der Waals surface area contributed by atoms with Crippen molar-refractivity contribution in [2.45, 2.75) is 71.9 Å². The van der Waals surface area contributed by atoms with Gasteiger partial charge in [0.05, 0.1) is 0 Å². The summed E-state index contributed by atoms with van der Waals surface area (Å²) in [5, 5.41) is 5.28. The Morgan fingerprint density at radius 2 is 0.759 bits per heavy atom. The molecule has 54 heavy (non-hydrogen) atoms.